The largest absolute Gasteiger partial charge is 0.335 e. The summed E-state index contributed by atoms with van der Waals surface area (Å²) < 4.78 is 27.3. The zero-order valence-corrected chi connectivity index (χ0v) is 16.3. The Morgan fingerprint density at radius 2 is 1.88 bits per heavy atom. The van der Waals surface area contributed by atoms with Gasteiger partial charge in [-0.1, -0.05) is 13.8 Å². The predicted molar refractivity (Wildman–Crippen MR) is 95.9 cm³/mol. The molecule has 9 heteroatoms. The van der Waals surface area contributed by atoms with Gasteiger partial charge in [-0.25, -0.2) is 13.2 Å². The number of hydrogen-bond acceptors (Lipinski definition) is 4. The molecule has 2 N–H and O–H groups in total. The number of nitrogens with one attached hydrogen (secondary N) is 2. The van der Waals surface area contributed by atoms with Gasteiger partial charge in [0, 0.05) is 32.2 Å². The molecule has 0 bridgehead atoms. The summed E-state index contributed by atoms with van der Waals surface area (Å²) in [4.78, 5) is 14.4. The second-order valence-corrected chi connectivity index (χ2v) is 8.35. The van der Waals surface area contributed by atoms with E-state index in [1.807, 2.05) is 13.8 Å². The maximum absolute atomic E-state index is 12.9. The maximum atomic E-state index is 12.9. The summed E-state index contributed by atoms with van der Waals surface area (Å²) in [6.07, 6.45) is 2.39. The lowest BCUT2D eigenvalue weighted by molar-refractivity contribution is 0.195. The Morgan fingerprint density at radius 3 is 2.44 bits per heavy atom. The van der Waals surface area contributed by atoms with Crippen LogP contribution in [0.15, 0.2) is 4.90 Å². The average molecular weight is 372 g/mol. The molecular formula is C16H29N5O3S. The molecule has 0 aliphatic carbocycles. The molecule has 2 heterocycles. The third-order valence-electron chi connectivity index (χ3n) is 4.71. The van der Waals surface area contributed by atoms with Gasteiger partial charge >= 0.3 is 6.03 Å². The van der Waals surface area contributed by atoms with Gasteiger partial charge < -0.3 is 10.2 Å². The normalized spacial score (nSPS) is 16.9. The highest BCUT2D eigenvalue weighted by molar-refractivity contribution is 7.89. The van der Waals surface area contributed by atoms with Crippen molar-refractivity contribution in [1.29, 1.82) is 0 Å². The average Bonchev–Trinajstić information content (AvgIpc) is 2.79. The van der Waals surface area contributed by atoms with E-state index in [0.717, 1.165) is 12.8 Å². The molecule has 1 aromatic heterocycles. The third kappa shape index (κ3) is 4.33. The summed E-state index contributed by atoms with van der Waals surface area (Å²) in [5, 5.41) is 9.74. The Kier molecular flexibility index (Phi) is 6.45. The molecule has 25 heavy (non-hydrogen) atoms. The van der Waals surface area contributed by atoms with Crippen LogP contribution in [0.4, 0.5) is 4.79 Å². The zero-order valence-electron chi connectivity index (χ0n) is 15.5. The summed E-state index contributed by atoms with van der Waals surface area (Å²) in [5.41, 5.74) is 1.02. The number of amides is 2. The Hall–Kier alpha value is -1.61. The van der Waals surface area contributed by atoms with Crippen LogP contribution in [0.1, 0.15) is 44.5 Å². The number of aromatic nitrogens is 2. The SMILES string of the molecule is CCC(CC)NC(=O)N1CCCN(S(=O)(=O)c2c(C)n[nH]c2C)CC1. The van der Waals surface area contributed by atoms with Gasteiger partial charge in [-0.15, -0.1) is 0 Å². The van der Waals surface area contributed by atoms with Crippen molar-refractivity contribution in [1.82, 2.24) is 24.7 Å². The molecule has 2 amide bonds. The van der Waals surface area contributed by atoms with Crippen molar-refractivity contribution < 1.29 is 13.2 Å². The van der Waals surface area contributed by atoms with Gasteiger partial charge in [0.15, 0.2) is 0 Å². The Labute approximate surface area is 150 Å². The monoisotopic (exact) mass is 371 g/mol. The van der Waals surface area contributed by atoms with E-state index in [9.17, 15) is 13.2 Å². The van der Waals surface area contributed by atoms with Crippen molar-refractivity contribution in [3.63, 3.8) is 0 Å². The second kappa shape index (κ2) is 8.18. The minimum atomic E-state index is -3.60. The molecule has 0 radical (unpaired) electrons. The molecule has 0 unspecified atom stereocenters. The van der Waals surface area contributed by atoms with E-state index in [2.05, 4.69) is 15.5 Å². The standard InChI is InChI=1S/C16H29N5O3S/c1-5-14(6-2)17-16(22)20-8-7-9-21(11-10-20)25(23,24)15-12(3)18-19-13(15)4/h14H,5-11H2,1-4H3,(H,17,22)(H,18,19). The fourth-order valence-electron chi connectivity index (χ4n) is 3.15. The maximum Gasteiger partial charge on any atom is 0.317 e. The molecule has 1 aromatic rings. The number of rotatable bonds is 5. The molecule has 0 aromatic carbocycles. The third-order valence-corrected chi connectivity index (χ3v) is 6.88. The van der Waals surface area contributed by atoms with Crippen LogP contribution in [0.2, 0.25) is 0 Å². The Balaban J connectivity index is 2.07. The van der Waals surface area contributed by atoms with E-state index in [0.29, 0.717) is 44.0 Å². The highest BCUT2D eigenvalue weighted by atomic mass is 32.2. The van der Waals surface area contributed by atoms with Crippen LogP contribution in [0.3, 0.4) is 0 Å². The fourth-order valence-corrected chi connectivity index (χ4v) is 4.95. The van der Waals surface area contributed by atoms with Crippen LogP contribution in [-0.4, -0.2) is 66.1 Å². The topological polar surface area (TPSA) is 98.4 Å². The van der Waals surface area contributed by atoms with Crippen LogP contribution in [0.5, 0.6) is 0 Å². The minimum Gasteiger partial charge on any atom is -0.335 e. The number of carbonyl (C=O) groups excluding carboxylic acids is 1. The molecule has 1 saturated heterocycles. The number of aromatic amines is 1. The molecule has 2 rings (SSSR count). The molecule has 1 aliphatic heterocycles. The van der Waals surface area contributed by atoms with Crippen molar-refractivity contribution in [2.45, 2.75) is 57.9 Å². The van der Waals surface area contributed by atoms with E-state index in [1.54, 1.807) is 18.7 Å². The van der Waals surface area contributed by atoms with Gasteiger partial charge in [0.05, 0.1) is 11.4 Å². The number of aryl methyl sites for hydroxylation is 2. The predicted octanol–water partition coefficient (Wildman–Crippen LogP) is 1.62. The fraction of sp³-hybridized carbons (Fsp3) is 0.750. The summed E-state index contributed by atoms with van der Waals surface area (Å²) in [7, 11) is -3.60. The van der Waals surface area contributed by atoms with Crippen LogP contribution >= 0.6 is 0 Å². The summed E-state index contributed by atoms with van der Waals surface area (Å²) in [6, 6.07) is 0.0513. The molecule has 0 saturated carbocycles. The first kappa shape index (κ1) is 19.7. The van der Waals surface area contributed by atoms with Crippen LogP contribution in [0.25, 0.3) is 0 Å². The molecule has 142 valence electrons. The van der Waals surface area contributed by atoms with Gasteiger partial charge in [-0.2, -0.15) is 9.40 Å². The van der Waals surface area contributed by atoms with E-state index < -0.39 is 10.0 Å². The zero-order chi connectivity index (χ0) is 18.6. The lowest BCUT2D eigenvalue weighted by atomic mass is 10.2. The molecule has 8 nitrogen and oxygen atoms in total. The van der Waals surface area contributed by atoms with E-state index >= 15 is 0 Å². The number of H-pyrrole nitrogens is 1. The molecule has 0 spiro atoms. The van der Waals surface area contributed by atoms with Crippen molar-refractivity contribution >= 4 is 16.1 Å². The van der Waals surface area contributed by atoms with Crippen molar-refractivity contribution in [3.05, 3.63) is 11.4 Å². The Morgan fingerprint density at radius 1 is 1.20 bits per heavy atom. The van der Waals surface area contributed by atoms with Gasteiger partial charge in [-0.3, -0.25) is 5.10 Å². The number of urea groups is 1. The molecule has 1 aliphatic rings. The number of sulfonamides is 1. The van der Waals surface area contributed by atoms with Crippen molar-refractivity contribution in [2.75, 3.05) is 26.2 Å². The molecular weight excluding hydrogens is 342 g/mol. The van der Waals surface area contributed by atoms with Crippen LogP contribution < -0.4 is 5.32 Å². The van der Waals surface area contributed by atoms with Gasteiger partial charge in [0.2, 0.25) is 10.0 Å². The molecule has 0 atom stereocenters. The Bertz CT molecular complexity index is 677. The first-order chi connectivity index (χ1) is 11.8. The van der Waals surface area contributed by atoms with Gasteiger partial charge in [-0.05, 0) is 33.1 Å². The minimum absolute atomic E-state index is 0.108. The van der Waals surface area contributed by atoms with Crippen LogP contribution in [-0.2, 0) is 10.0 Å². The number of nitrogens with zero attached hydrogens (tertiary/aromatic N) is 3. The number of hydrogen-bond donors (Lipinski definition) is 2. The second-order valence-electron chi connectivity index (χ2n) is 6.47. The van der Waals surface area contributed by atoms with Crippen molar-refractivity contribution in [2.24, 2.45) is 0 Å². The summed E-state index contributed by atoms with van der Waals surface area (Å²) >= 11 is 0. The first-order valence-electron chi connectivity index (χ1n) is 8.88. The van der Waals surface area contributed by atoms with Crippen molar-refractivity contribution in [3.8, 4) is 0 Å². The highest BCUT2D eigenvalue weighted by Crippen LogP contribution is 2.22. The van der Waals surface area contributed by atoms with Gasteiger partial charge in [0.25, 0.3) is 0 Å². The van der Waals surface area contributed by atoms with E-state index in [4.69, 9.17) is 0 Å². The van der Waals surface area contributed by atoms with E-state index in [1.165, 1.54) is 4.31 Å². The van der Waals surface area contributed by atoms with Crippen LogP contribution in [0, 0.1) is 13.8 Å². The summed E-state index contributed by atoms with van der Waals surface area (Å²) in [6.45, 7) is 9.12. The smallest absolute Gasteiger partial charge is 0.317 e. The number of carbonyl (C=O) groups is 1. The van der Waals surface area contributed by atoms with Gasteiger partial charge in [0.1, 0.15) is 4.90 Å². The van der Waals surface area contributed by atoms with E-state index in [-0.39, 0.29) is 17.0 Å². The lowest BCUT2D eigenvalue weighted by Crippen LogP contribution is -2.46. The quantitative estimate of drug-likeness (QED) is 0.822. The molecule has 1 fully saturated rings. The first-order valence-corrected chi connectivity index (χ1v) is 10.3. The summed E-state index contributed by atoms with van der Waals surface area (Å²) in [5.74, 6) is 0. The lowest BCUT2D eigenvalue weighted by Gasteiger charge is -2.24. The highest BCUT2D eigenvalue weighted by Gasteiger charge is 2.32.